The van der Waals surface area contributed by atoms with Gasteiger partial charge in [-0.25, -0.2) is 4.90 Å². The average molecular weight is 516 g/mol. The van der Waals surface area contributed by atoms with Crippen LogP contribution in [0.15, 0.2) is 66.7 Å². The van der Waals surface area contributed by atoms with Crippen LogP contribution in [0.25, 0.3) is 0 Å². The Bertz CT molecular complexity index is 1550. The average Bonchev–Trinajstić information content (AvgIpc) is 3.41. The number of nitro benzene ring substituents is 2. The van der Waals surface area contributed by atoms with Crippen LogP contribution in [0, 0.1) is 26.1 Å². The second-order valence-corrected chi connectivity index (χ2v) is 8.50. The van der Waals surface area contributed by atoms with E-state index in [1.807, 2.05) is 0 Å². The van der Waals surface area contributed by atoms with E-state index in [1.165, 1.54) is 65.6 Å². The van der Waals surface area contributed by atoms with Gasteiger partial charge >= 0.3 is 5.97 Å². The third-order valence-corrected chi connectivity index (χ3v) is 6.21. The van der Waals surface area contributed by atoms with E-state index in [9.17, 15) is 39.4 Å². The lowest BCUT2D eigenvalue weighted by atomic mass is 10.1. The smallest absolute Gasteiger partial charge is 0.316 e. The van der Waals surface area contributed by atoms with Crippen molar-refractivity contribution in [3.05, 3.63) is 98.1 Å². The van der Waals surface area contributed by atoms with Crippen LogP contribution in [0.4, 0.5) is 22.7 Å². The number of amides is 3. The highest BCUT2D eigenvalue weighted by Gasteiger charge is 2.42. The summed E-state index contributed by atoms with van der Waals surface area (Å²) in [6.07, 6.45) is -0.141. The summed E-state index contributed by atoms with van der Waals surface area (Å²) in [6.45, 7) is -0.00274. The van der Waals surface area contributed by atoms with Crippen LogP contribution in [-0.2, 0) is 9.59 Å². The molecule has 1 saturated heterocycles. The molecule has 3 aromatic rings. The van der Waals surface area contributed by atoms with Gasteiger partial charge in [0, 0.05) is 42.9 Å². The van der Waals surface area contributed by atoms with Crippen molar-refractivity contribution in [2.45, 2.75) is 6.42 Å². The van der Waals surface area contributed by atoms with Crippen LogP contribution in [-0.4, -0.2) is 40.1 Å². The summed E-state index contributed by atoms with van der Waals surface area (Å²) < 4.78 is 5.43. The van der Waals surface area contributed by atoms with Crippen LogP contribution >= 0.6 is 0 Å². The molecule has 0 spiro atoms. The summed E-state index contributed by atoms with van der Waals surface area (Å²) in [5.74, 6) is -3.54. The van der Waals surface area contributed by atoms with Gasteiger partial charge in [0.15, 0.2) is 0 Å². The Kier molecular flexibility index (Phi) is 5.87. The SMILES string of the molecule is O=C(Oc1cccc(N2C(=O)c3cccc([N+](=O)[O-])c3C2=O)c1)[C@H]1CC(=O)N(c2ccc([N+](=O)[O-])cc2)C1. The highest BCUT2D eigenvalue weighted by atomic mass is 16.6. The molecule has 2 heterocycles. The summed E-state index contributed by atoms with van der Waals surface area (Å²) in [5.41, 5.74) is -0.607. The molecule has 0 aromatic heterocycles. The maximum Gasteiger partial charge on any atom is 0.316 e. The minimum Gasteiger partial charge on any atom is -0.426 e. The van der Waals surface area contributed by atoms with Crippen molar-refractivity contribution in [2.75, 3.05) is 16.3 Å². The minimum absolute atomic E-state index is 0.000194. The van der Waals surface area contributed by atoms with E-state index < -0.39 is 39.2 Å². The quantitative estimate of drug-likeness (QED) is 0.157. The first-order valence-corrected chi connectivity index (χ1v) is 11.2. The molecular weight excluding hydrogens is 500 g/mol. The van der Waals surface area contributed by atoms with Gasteiger partial charge in [0.25, 0.3) is 23.2 Å². The fourth-order valence-electron chi connectivity index (χ4n) is 4.41. The number of imide groups is 1. The lowest BCUT2D eigenvalue weighted by Crippen LogP contribution is -2.29. The van der Waals surface area contributed by atoms with Crippen LogP contribution in [0.2, 0.25) is 0 Å². The topological polar surface area (TPSA) is 170 Å². The van der Waals surface area contributed by atoms with E-state index in [0.29, 0.717) is 5.69 Å². The highest BCUT2D eigenvalue weighted by molar-refractivity contribution is 6.35. The predicted molar refractivity (Wildman–Crippen MR) is 130 cm³/mol. The molecule has 3 aromatic carbocycles. The van der Waals surface area contributed by atoms with Crippen molar-refractivity contribution in [2.24, 2.45) is 5.92 Å². The second-order valence-electron chi connectivity index (χ2n) is 8.50. The van der Waals surface area contributed by atoms with Crippen LogP contribution in [0.3, 0.4) is 0 Å². The summed E-state index contributed by atoms with van der Waals surface area (Å²) in [7, 11) is 0. The lowest BCUT2D eigenvalue weighted by molar-refractivity contribution is -0.385. The molecule has 38 heavy (non-hydrogen) atoms. The summed E-state index contributed by atoms with van der Waals surface area (Å²) >= 11 is 0. The van der Waals surface area contributed by atoms with Crippen molar-refractivity contribution >= 4 is 46.4 Å². The number of ether oxygens (including phenoxy) is 1. The van der Waals surface area contributed by atoms with Gasteiger partial charge in [-0.2, -0.15) is 0 Å². The number of benzene rings is 3. The Hall–Kier alpha value is -5.46. The largest absolute Gasteiger partial charge is 0.426 e. The molecule has 1 atom stereocenters. The summed E-state index contributed by atoms with van der Waals surface area (Å²) in [4.78, 5) is 74.2. The molecule has 3 amide bonds. The van der Waals surface area contributed by atoms with E-state index in [2.05, 4.69) is 0 Å². The summed E-state index contributed by atoms with van der Waals surface area (Å²) in [5, 5.41) is 22.2. The fourth-order valence-corrected chi connectivity index (χ4v) is 4.41. The van der Waals surface area contributed by atoms with E-state index in [0.717, 1.165) is 11.0 Å². The van der Waals surface area contributed by atoms with Gasteiger partial charge < -0.3 is 9.64 Å². The van der Waals surface area contributed by atoms with Gasteiger partial charge in [-0.3, -0.25) is 39.4 Å². The number of anilines is 2. The lowest BCUT2D eigenvalue weighted by Gasteiger charge is -2.17. The number of nitrogens with zero attached hydrogens (tertiary/aromatic N) is 4. The molecule has 13 heteroatoms. The maximum absolute atomic E-state index is 13.0. The summed E-state index contributed by atoms with van der Waals surface area (Å²) in [6, 6.07) is 14.7. The standard InChI is InChI=1S/C25H16N4O9/c30-21-11-14(13-26(21)15-7-9-16(10-8-15)28(34)35)25(33)38-18-4-1-3-17(12-18)27-23(31)19-5-2-6-20(29(36)37)22(19)24(27)32/h1-10,12,14H,11,13H2/t14-/m0/s1. The van der Waals surface area contributed by atoms with Crippen molar-refractivity contribution in [3.63, 3.8) is 0 Å². The molecule has 5 rings (SSSR count). The molecule has 190 valence electrons. The second kappa shape index (κ2) is 9.20. The van der Waals surface area contributed by atoms with Crippen molar-refractivity contribution < 1.29 is 33.8 Å². The molecule has 0 radical (unpaired) electrons. The first-order chi connectivity index (χ1) is 18.2. The molecule has 0 saturated carbocycles. The number of hydrogen-bond donors (Lipinski definition) is 0. The zero-order valence-electron chi connectivity index (χ0n) is 19.3. The molecule has 0 N–H and O–H groups in total. The van der Waals surface area contributed by atoms with Gasteiger partial charge in [0.2, 0.25) is 5.91 Å². The minimum atomic E-state index is -0.874. The molecule has 0 aliphatic carbocycles. The third-order valence-electron chi connectivity index (χ3n) is 6.21. The Morgan fingerprint density at radius 3 is 2.26 bits per heavy atom. The van der Waals surface area contributed by atoms with Crippen LogP contribution < -0.4 is 14.5 Å². The van der Waals surface area contributed by atoms with E-state index >= 15 is 0 Å². The first kappa shape index (κ1) is 24.2. The number of carbonyl (C=O) groups excluding carboxylic acids is 4. The number of nitro groups is 2. The van der Waals surface area contributed by atoms with Crippen LogP contribution in [0.1, 0.15) is 27.1 Å². The van der Waals surface area contributed by atoms with E-state index in [1.54, 1.807) is 0 Å². The molecule has 0 unspecified atom stereocenters. The van der Waals surface area contributed by atoms with E-state index in [4.69, 9.17) is 4.74 Å². The van der Waals surface area contributed by atoms with E-state index in [-0.39, 0.29) is 47.1 Å². The maximum atomic E-state index is 13.0. The number of carbonyl (C=O) groups is 4. The Morgan fingerprint density at radius 2 is 1.58 bits per heavy atom. The van der Waals surface area contributed by atoms with Crippen molar-refractivity contribution in [1.29, 1.82) is 0 Å². The molecule has 2 aliphatic rings. The Balaban J connectivity index is 1.32. The zero-order chi connectivity index (χ0) is 27.1. The normalized spacial score (nSPS) is 16.5. The molecule has 13 nitrogen and oxygen atoms in total. The van der Waals surface area contributed by atoms with Crippen molar-refractivity contribution in [1.82, 2.24) is 0 Å². The van der Waals surface area contributed by atoms with Gasteiger partial charge in [0.1, 0.15) is 11.3 Å². The number of non-ortho nitro benzene ring substituents is 1. The highest BCUT2D eigenvalue weighted by Crippen LogP contribution is 2.35. The number of hydrogen-bond acceptors (Lipinski definition) is 9. The molecule has 2 aliphatic heterocycles. The Morgan fingerprint density at radius 1 is 0.868 bits per heavy atom. The molecule has 0 bridgehead atoms. The van der Waals surface area contributed by atoms with Gasteiger partial charge in [-0.1, -0.05) is 12.1 Å². The van der Waals surface area contributed by atoms with Crippen LogP contribution in [0.5, 0.6) is 5.75 Å². The van der Waals surface area contributed by atoms with Gasteiger partial charge in [-0.15, -0.1) is 0 Å². The third kappa shape index (κ3) is 4.11. The monoisotopic (exact) mass is 516 g/mol. The number of esters is 1. The van der Waals surface area contributed by atoms with Crippen molar-refractivity contribution in [3.8, 4) is 5.75 Å². The predicted octanol–water partition coefficient (Wildman–Crippen LogP) is 3.26. The van der Waals surface area contributed by atoms with Gasteiger partial charge in [-0.05, 0) is 30.3 Å². The molecular formula is C25H16N4O9. The first-order valence-electron chi connectivity index (χ1n) is 11.2. The fraction of sp³-hybridized carbons (Fsp3) is 0.120. The Labute approximate surface area is 213 Å². The van der Waals surface area contributed by atoms with Gasteiger partial charge in [0.05, 0.1) is 27.0 Å². The number of rotatable bonds is 6. The number of fused-ring (bicyclic) bond motifs is 1. The zero-order valence-corrected chi connectivity index (χ0v) is 19.3. The molecule has 1 fully saturated rings.